The van der Waals surface area contributed by atoms with Crippen LogP contribution in [0.25, 0.3) is 0 Å². The molecule has 0 aliphatic rings. The van der Waals surface area contributed by atoms with Crippen molar-refractivity contribution in [1.29, 1.82) is 0 Å². The molecule has 0 heterocycles. The lowest BCUT2D eigenvalue weighted by molar-refractivity contribution is -0.155. The van der Waals surface area contributed by atoms with Crippen molar-refractivity contribution in [2.45, 2.75) is 32.8 Å². The van der Waals surface area contributed by atoms with Crippen molar-refractivity contribution in [3.8, 4) is 5.75 Å². The smallest absolute Gasteiger partial charge is 0.344 e. The van der Waals surface area contributed by atoms with Crippen LogP contribution in [0.4, 0.5) is 10.1 Å². The van der Waals surface area contributed by atoms with Crippen LogP contribution in [0.2, 0.25) is 0 Å². The Kier molecular flexibility index (Phi) is 6.72. The first-order chi connectivity index (χ1) is 12.3. The van der Waals surface area contributed by atoms with Crippen molar-refractivity contribution in [3.63, 3.8) is 0 Å². The summed E-state index contributed by atoms with van der Waals surface area (Å²) in [4.78, 5) is 23.9. The van der Waals surface area contributed by atoms with E-state index in [1.165, 1.54) is 25.1 Å². The van der Waals surface area contributed by atoms with E-state index in [0.29, 0.717) is 11.6 Å². The molecule has 0 aliphatic heterocycles. The number of anilines is 1. The van der Waals surface area contributed by atoms with Gasteiger partial charge in [-0.3, -0.25) is 4.79 Å². The predicted molar refractivity (Wildman–Crippen MR) is 96.6 cm³/mol. The SMILES string of the molecule is CC(C)c1ccc(NC(=O)[C@H](C)OC(=O)COc2cccc(F)c2)cc1. The fourth-order valence-electron chi connectivity index (χ4n) is 2.18. The molecule has 0 saturated carbocycles. The molecule has 5 nitrogen and oxygen atoms in total. The van der Waals surface area contributed by atoms with Gasteiger partial charge in [0.25, 0.3) is 5.91 Å². The van der Waals surface area contributed by atoms with Crippen LogP contribution < -0.4 is 10.1 Å². The molecule has 0 aliphatic carbocycles. The molecule has 26 heavy (non-hydrogen) atoms. The normalized spacial score (nSPS) is 11.7. The summed E-state index contributed by atoms with van der Waals surface area (Å²) in [7, 11) is 0. The number of benzene rings is 2. The highest BCUT2D eigenvalue weighted by Crippen LogP contribution is 2.17. The molecule has 138 valence electrons. The van der Waals surface area contributed by atoms with Gasteiger partial charge in [-0.15, -0.1) is 0 Å². The Morgan fingerprint density at radius 2 is 1.77 bits per heavy atom. The third-order valence-corrected chi connectivity index (χ3v) is 3.68. The standard InChI is InChI=1S/C20H22FNO4/c1-13(2)15-7-9-17(10-8-15)22-20(24)14(3)26-19(23)12-25-18-6-4-5-16(21)11-18/h4-11,13-14H,12H2,1-3H3,(H,22,24)/t14-/m0/s1. The first-order valence-electron chi connectivity index (χ1n) is 8.34. The molecular weight excluding hydrogens is 337 g/mol. The number of nitrogens with one attached hydrogen (secondary N) is 1. The topological polar surface area (TPSA) is 64.6 Å². The summed E-state index contributed by atoms with van der Waals surface area (Å²) in [6.45, 7) is 5.23. The highest BCUT2D eigenvalue weighted by molar-refractivity contribution is 5.95. The predicted octanol–water partition coefficient (Wildman–Crippen LogP) is 3.90. The Bertz CT molecular complexity index is 759. The van der Waals surface area contributed by atoms with E-state index in [-0.39, 0.29) is 5.75 Å². The van der Waals surface area contributed by atoms with Crippen LogP contribution >= 0.6 is 0 Å². The molecule has 2 aromatic carbocycles. The number of carbonyl (C=O) groups excluding carboxylic acids is 2. The zero-order valence-electron chi connectivity index (χ0n) is 15.0. The summed E-state index contributed by atoms with van der Waals surface area (Å²) in [5.41, 5.74) is 1.79. The van der Waals surface area contributed by atoms with Gasteiger partial charge in [-0.2, -0.15) is 0 Å². The van der Waals surface area contributed by atoms with E-state index >= 15 is 0 Å². The van der Waals surface area contributed by atoms with Crippen LogP contribution in [0.15, 0.2) is 48.5 Å². The molecule has 0 saturated heterocycles. The summed E-state index contributed by atoms with van der Waals surface area (Å²) >= 11 is 0. The Labute approximate surface area is 152 Å². The van der Waals surface area contributed by atoms with Crippen LogP contribution in [0.3, 0.4) is 0 Å². The number of carbonyl (C=O) groups is 2. The van der Waals surface area contributed by atoms with Gasteiger partial charge in [0, 0.05) is 11.8 Å². The van der Waals surface area contributed by atoms with Gasteiger partial charge in [0.1, 0.15) is 11.6 Å². The van der Waals surface area contributed by atoms with Gasteiger partial charge in [0.05, 0.1) is 0 Å². The molecule has 0 spiro atoms. The van der Waals surface area contributed by atoms with Gasteiger partial charge in [-0.05, 0) is 42.7 Å². The van der Waals surface area contributed by atoms with Crippen molar-refractivity contribution >= 4 is 17.6 Å². The maximum absolute atomic E-state index is 13.0. The molecule has 0 fully saturated rings. The van der Waals surface area contributed by atoms with Crippen molar-refractivity contribution in [2.24, 2.45) is 0 Å². The third-order valence-electron chi connectivity index (χ3n) is 3.68. The van der Waals surface area contributed by atoms with E-state index in [0.717, 1.165) is 11.6 Å². The second kappa shape index (κ2) is 8.99. The fraction of sp³-hybridized carbons (Fsp3) is 0.300. The van der Waals surface area contributed by atoms with Gasteiger partial charge in [0.2, 0.25) is 0 Å². The van der Waals surface area contributed by atoms with Gasteiger partial charge in [-0.25, -0.2) is 9.18 Å². The Morgan fingerprint density at radius 1 is 1.08 bits per heavy atom. The van der Waals surface area contributed by atoms with Gasteiger partial charge in [-0.1, -0.05) is 32.0 Å². The lowest BCUT2D eigenvalue weighted by Gasteiger charge is -2.14. The van der Waals surface area contributed by atoms with E-state index in [2.05, 4.69) is 19.2 Å². The van der Waals surface area contributed by atoms with E-state index in [4.69, 9.17) is 9.47 Å². The van der Waals surface area contributed by atoms with E-state index in [1.807, 2.05) is 12.1 Å². The first-order valence-corrected chi connectivity index (χ1v) is 8.34. The number of hydrogen-bond acceptors (Lipinski definition) is 4. The zero-order valence-corrected chi connectivity index (χ0v) is 15.0. The molecule has 0 unspecified atom stereocenters. The van der Waals surface area contributed by atoms with Crippen molar-refractivity contribution in [3.05, 3.63) is 59.9 Å². The third kappa shape index (κ3) is 5.88. The second-order valence-corrected chi connectivity index (χ2v) is 6.14. The van der Waals surface area contributed by atoms with Crippen LogP contribution in [0, 0.1) is 5.82 Å². The number of halogens is 1. The number of esters is 1. The second-order valence-electron chi connectivity index (χ2n) is 6.14. The van der Waals surface area contributed by atoms with Crippen molar-refractivity contribution in [1.82, 2.24) is 0 Å². The minimum Gasteiger partial charge on any atom is -0.482 e. The molecule has 0 bridgehead atoms. The van der Waals surface area contributed by atoms with Gasteiger partial charge >= 0.3 is 5.97 Å². The molecule has 6 heteroatoms. The summed E-state index contributed by atoms with van der Waals surface area (Å²) in [6, 6.07) is 12.9. The van der Waals surface area contributed by atoms with Gasteiger partial charge in [0.15, 0.2) is 12.7 Å². The molecular formula is C20H22FNO4. The molecule has 2 aromatic rings. The van der Waals surface area contributed by atoms with Gasteiger partial charge < -0.3 is 14.8 Å². The van der Waals surface area contributed by atoms with Crippen molar-refractivity contribution in [2.75, 3.05) is 11.9 Å². The Hall–Kier alpha value is -2.89. The molecule has 1 atom stereocenters. The lowest BCUT2D eigenvalue weighted by Crippen LogP contribution is -2.31. The van der Waals surface area contributed by atoms with Crippen LogP contribution in [-0.4, -0.2) is 24.6 Å². The first kappa shape index (κ1) is 19.4. The number of rotatable bonds is 7. The minimum atomic E-state index is -0.983. The molecule has 1 amide bonds. The summed E-state index contributed by atoms with van der Waals surface area (Å²) in [5.74, 6) is -1.01. The van der Waals surface area contributed by atoms with Crippen LogP contribution in [0.1, 0.15) is 32.3 Å². The van der Waals surface area contributed by atoms with Crippen LogP contribution in [-0.2, 0) is 14.3 Å². The molecule has 1 N–H and O–H groups in total. The quantitative estimate of drug-likeness (QED) is 0.762. The average molecular weight is 359 g/mol. The zero-order chi connectivity index (χ0) is 19.1. The summed E-state index contributed by atoms with van der Waals surface area (Å²) in [5, 5.41) is 2.69. The molecule has 2 rings (SSSR count). The lowest BCUT2D eigenvalue weighted by atomic mass is 10.0. The average Bonchev–Trinajstić information content (AvgIpc) is 2.60. The number of ether oxygens (including phenoxy) is 2. The number of amides is 1. The van der Waals surface area contributed by atoms with E-state index in [1.54, 1.807) is 12.1 Å². The van der Waals surface area contributed by atoms with Crippen molar-refractivity contribution < 1.29 is 23.5 Å². The number of hydrogen-bond donors (Lipinski definition) is 1. The van der Waals surface area contributed by atoms with E-state index in [9.17, 15) is 14.0 Å². The van der Waals surface area contributed by atoms with E-state index < -0.39 is 30.4 Å². The molecule has 0 radical (unpaired) electrons. The summed E-state index contributed by atoms with van der Waals surface area (Å²) in [6.07, 6.45) is -0.983. The highest BCUT2D eigenvalue weighted by atomic mass is 19.1. The maximum Gasteiger partial charge on any atom is 0.344 e. The Balaban J connectivity index is 1.81. The minimum absolute atomic E-state index is 0.212. The highest BCUT2D eigenvalue weighted by Gasteiger charge is 2.18. The monoisotopic (exact) mass is 359 g/mol. The fourth-order valence-corrected chi connectivity index (χ4v) is 2.18. The van der Waals surface area contributed by atoms with Crippen LogP contribution in [0.5, 0.6) is 5.75 Å². The molecule has 0 aromatic heterocycles. The Morgan fingerprint density at radius 3 is 2.38 bits per heavy atom. The largest absolute Gasteiger partial charge is 0.482 e. The maximum atomic E-state index is 13.0. The summed E-state index contributed by atoms with van der Waals surface area (Å²) < 4.78 is 23.2.